The van der Waals surface area contributed by atoms with Crippen LogP contribution in [0.15, 0.2) is 10.5 Å². The maximum absolute atomic E-state index is 6.02. The number of hydrogen-bond donors (Lipinski definition) is 1. The third-order valence-corrected chi connectivity index (χ3v) is 3.47. The first-order chi connectivity index (χ1) is 9.43. The molecule has 0 aromatic carbocycles. The Morgan fingerprint density at radius 1 is 1.25 bits per heavy atom. The molecule has 1 aromatic heterocycles. The molecule has 0 amide bonds. The van der Waals surface area contributed by atoms with E-state index in [9.17, 15) is 0 Å². The van der Waals surface area contributed by atoms with Crippen molar-refractivity contribution in [3.63, 3.8) is 0 Å². The van der Waals surface area contributed by atoms with Gasteiger partial charge >= 0.3 is 0 Å². The van der Waals surface area contributed by atoms with Crippen molar-refractivity contribution in [2.75, 3.05) is 13.1 Å². The van der Waals surface area contributed by atoms with Crippen molar-refractivity contribution in [3.05, 3.63) is 23.2 Å². The van der Waals surface area contributed by atoms with E-state index in [1.807, 2.05) is 0 Å². The highest BCUT2D eigenvalue weighted by Gasteiger charge is 2.15. The van der Waals surface area contributed by atoms with E-state index in [2.05, 4.69) is 57.8 Å². The van der Waals surface area contributed by atoms with Crippen molar-refractivity contribution >= 4 is 0 Å². The zero-order chi connectivity index (χ0) is 15.1. The summed E-state index contributed by atoms with van der Waals surface area (Å²) in [6.07, 6.45) is 1.15. The van der Waals surface area contributed by atoms with Crippen LogP contribution >= 0.6 is 0 Å². The fourth-order valence-electron chi connectivity index (χ4n) is 2.35. The van der Waals surface area contributed by atoms with Gasteiger partial charge in [-0.05, 0) is 51.3 Å². The highest BCUT2D eigenvalue weighted by Crippen LogP contribution is 2.18. The van der Waals surface area contributed by atoms with Gasteiger partial charge in [-0.25, -0.2) is 0 Å². The zero-order valence-corrected chi connectivity index (χ0v) is 14.1. The van der Waals surface area contributed by atoms with Gasteiger partial charge < -0.3 is 9.73 Å². The second-order valence-electron chi connectivity index (χ2n) is 6.41. The number of rotatable bonds is 9. The van der Waals surface area contributed by atoms with Crippen molar-refractivity contribution in [1.82, 2.24) is 10.2 Å². The summed E-state index contributed by atoms with van der Waals surface area (Å²) < 4.78 is 6.02. The molecule has 1 rings (SSSR count). The molecule has 0 bridgehead atoms. The van der Waals surface area contributed by atoms with Crippen LogP contribution in [-0.4, -0.2) is 24.0 Å². The number of nitrogens with zero attached hydrogens (tertiary/aromatic N) is 1. The summed E-state index contributed by atoms with van der Waals surface area (Å²) in [5.41, 5.74) is 1.26. The fourth-order valence-corrected chi connectivity index (χ4v) is 2.35. The second-order valence-corrected chi connectivity index (χ2v) is 6.41. The van der Waals surface area contributed by atoms with Crippen molar-refractivity contribution in [2.45, 2.75) is 67.1 Å². The smallest absolute Gasteiger partial charge is 0.120 e. The van der Waals surface area contributed by atoms with Gasteiger partial charge in [-0.2, -0.15) is 0 Å². The molecule has 1 N–H and O–H groups in total. The molecule has 0 saturated carbocycles. The minimum atomic E-state index is 0.546. The molecule has 3 heteroatoms. The van der Waals surface area contributed by atoms with E-state index >= 15 is 0 Å². The molecule has 0 atom stereocenters. The molecule has 0 spiro atoms. The van der Waals surface area contributed by atoms with Gasteiger partial charge in [-0.15, -0.1) is 0 Å². The molecule has 1 aromatic rings. The van der Waals surface area contributed by atoms with Crippen LogP contribution in [0, 0.1) is 12.8 Å². The van der Waals surface area contributed by atoms with Crippen molar-refractivity contribution in [3.8, 4) is 0 Å². The Kier molecular flexibility index (Phi) is 7.31. The first kappa shape index (κ1) is 17.3. The quantitative estimate of drug-likeness (QED) is 0.694. The molecular weight excluding hydrogens is 248 g/mol. The van der Waals surface area contributed by atoms with Crippen molar-refractivity contribution in [2.24, 2.45) is 5.92 Å². The molecule has 1 heterocycles. The molecule has 3 nitrogen and oxygen atoms in total. The summed E-state index contributed by atoms with van der Waals surface area (Å²) in [5.74, 6) is 2.85. The Bertz CT molecular complexity index is 382. The minimum absolute atomic E-state index is 0.546. The van der Waals surface area contributed by atoms with E-state index in [0.717, 1.165) is 44.1 Å². The summed E-state index contributed by atoms with van der Waals surface area (Å²) in [7, 11) is 0. The minimum Gasteiger partial charge on any atom is -0.463 e. The van der Waals surface area contributed by atoms with E-state index in [4.69, 9.17) is 4.42 Å². The topological polar surface area (TPSA) is 28.4 Å². The number of furan rings is 1. The lowest BCUT2D eigenvalue weighted by atomic mass is 10.1. The van der Waals surface area contributed by atoms with E-state index in [-0.39, 0.29) is 0 Å². The molecule has 0 fully saturated rings. The molecule has 0 unspecified atom stereocenters. The summed E-state index contributed by atoms with van der Waals surface area (Å²) in [6.45, 7) is 17.3. The largest absolute Gasteiger partial charge is 0.463 e. The van der Waals surface area contributed by atoms with Gasteiger partial charge in [0.05, 0.1) is 13.1 Å². The van der Waals surface area contributed by atoms with E-state index in [1.165, 1.54) is 5.56 Å². The molecule has 0 aliphatic rings. The fraction of sp³-hybridized carbons (Fsp3) is 0.765. The first-order valence-corrected chi connectivity index (χ1v) is 7.97. The summed E-state index contributed by atoms with van der Waals surface area (Å²) in [4.78, 5) is 2.48. The van der Waals surface area contributed by atoms with Crippen LogP contribution in [0.4, 0.5) is 0 Å². The van der Waals surface area contributed by atoms with Gasteiger partial charge in [0.1, 0.15) is 11.5 Å². The lowest BCUT2D eigenvalue weighted by Gasteiger charge is -2.27. The van der Waals surface area contributed by atoms with Crippen LogP contribution in [0.1, 0.15) is 58.1 Å². The van der Waals surface area contributed by atoms with Gasteiger partial charge in [0, 0.05) is 12.6 Å². The first-order valence-electron chi connectivity index (χ1n) is 7.97. The standard InChI is InChI=1S/C17H32N2O/c1-7-8-18-10-17-15(6)9-16(20-17)12-19(14(4)5)11-13(2)3/h9,13-14,18H,7-8,10-12H2,1-6H3. The molecule has 0 aliphatic heterocycles. The van der Waals surface area contributed by atoms with Gasteiger partial charge in [-0.1, -0.05) is 20.8 Å². The Morgan fingerprint density at radius 3 is 2.50 bits per heavy atom. The predicted octanol–water partition coefficient (Wildman–Crippen LogP) is 3.95. The lowest BCUT2D eigenvalue weighted by molar-refractivity contribution is 0.174. The maximum Gasteiger partial charge on any atom is 0.120 e. The maximum atomic E-state index is 6.02. The van der Waals surface area contributed by atoms with Gasteiger partial charge in [0.15, 0.2) is 0 Å². The molecule has 116 valence electrons. The van der Waals surface area contributed by atoms with Gasteiger partial charge in [0.25, 0.3) is 0 Å². The summed E-state index contributed by atoms with van der Waals surface area (Å²) in [6, 6.07) is 2.74. The Hall–Kier alpha value is -0.800. The van der Waals surface area contributed by atoms with Crippen LogP contribution in [0.5, 0.6) is 0 Å². The van der Waals surface area contributed by atoms with E-state index in [0.29, 0.717) is 12.0 Å². The van der Waals surface area contributed by atoms with Crippen LogP contribution in [0.2, 0.25) is 0 Å². The number of aryl methyl sites for hydroxylation is 1. The van der Waals surface area contributed by atoms with Crippen LogP contribution in [0.25, 0.3) is 0 Å². The average molecular weight is 280 g/mol. The Labute approximate surface area is 124 Å². The van der Waals surface area contributed by atoms with Crippen molar-refractivity contribution < 1.29 is 4.42 Å². The van der Waals surface area contributed by atoms with Crippen molar-refractivity contribution in [1.29, 1.82) is 0 Å². The normalized spacial score (nSPS) is 12.1. The molecular formula is C17H32N2O. The summed E-state index contributed by atoms with van der Waals surface area (Å²) >= 11 is 0. The average Bonchev–Trinajstić information content (AvgIpc) is 2.69. The molecule has 0 radical (unpaired) electrons. The summed E-state index contributed by atoms with van der Waals surface area (Å²) in [5, 5.41) is 3.41. The highest BCUT2D eigenvalue weighted by molar-refractivity contribution is 5.20. The SMILES string of the molecule is CCCNCc1oc(CN(CC(C)C)C(C)C)cc1C. The molecule has 0 saturated heterocycles. The Balaban J connectivity index is 2.64. The van der Waals surface area contributed by atoms with Crippen LogP contribution < -0.4 is 5.32 Å². The number of nitrogens with one attached hydrogen (secondary N) is 1. The third-order valence-electron chi connectivity index (χ3n) is 3.47. The van der Waals surface area contributed by atoms with E-state index in [1.54, 1.807) is 0 Å². The van der Waals surface area contributed by atoms with E-state index < -0.39 is 0 Å². The molecule has 0 aliphatic carbocycles. The highest BCUT2D eigenvalue weighted by atomic mass is 16.3. The third kappa shape index (κ3) is 5.68. The number of hydrogen-bond acceptors (Lipinski definition) is 3. The van der Waals surface area contributed by atoms with Gasteiger partial charge in [-0.3, -0.25) is 4.90 Å². The van der Waals surface area contributed by atoms with Crippen LogP contribution in [0.3, 0.4) is 0 Å². The molecule has 20 heavy (non-hydrogen) atoms. The Morgan fingerprint density at radius 2 is 1.95 bits per heavy atom. The monoisotopic (exact) mass is 280 g/mol. The predicted molar refractivity (Wildman–Crippen MR) is 85.8 cm³/mol. The lowest BCUT2D eigenvalue weighted by Crippen LogP contribution is -2.33. The van der Waals surface area contributed by atoms with Gasteiger partial charge in [0.2, 0.25) is 0 Å². The second kappa shape index (κ2) is 8.48. The zero-order valence-electron chi connectivity index (χ0n) is 14.1. The van der Waals surface area contributed by atoms with Crippen LogP contribution in [-0.2, 0) is 13.1 Å².